The monoisotopic (exact) mass is 385 g/mol. The standard InChI is InChI=1S/C24H23N3S/c1-15-9-4-6-13-19(15)25-22-18-12-8-11-17(3)21(18)27-23(22)24(28)26-20-14-7-5-10-16(20)2/h4-14,25,27H,1-3H3,(H,26,28). The van der Waals surface area contributed by atoms with E-state index in [1.54, 1.807) is 0 Å². The van der Waals surface area contributed by atoms with Crippen LogP contribution in [0, 0.1) is 20.8 Å². The van der Waals surface area contributed by atoms with Gasteiger partial charge in [-0.25, -0.2) is 0 Å². The maximum atomic E-state index is 5.80. The predicted molar refractivity (Wildman–Crippen MR) is 124 cm³/mol. The number of anilines is 3. The molecule has 4 aromatic rings. The Morgan fingerprint density at radius 2 is 1.36 bits per heavy atom. The van der Waals surface area contributed by atoms with Crippen molar-refractivity contribution in [2.75, 3.05) is 10.6 Å². The summed E-state index contributed by atoms with van der Waals surface area (Å²) in [7, 11) is 0. The molecule has 1 aromatic heterocycles. The molecule has 0 unspecified atom stereocenters. The number of benzene rings is 3. The molecule has 4 rings (SSSR count). The molecular weight excluding hydrogens is 362 g/mol. The average Bonchev–Trinajstić information content (AvgIpc) is 3.05. The van der Waals surface area contributed by atoms with Crippen LogP contribution in [0.3, 0.4) is 0 Å². The molecule has 0 spiro atoms. The van der Waals surface area contributed by atoms with E-state index in [-0.39, 0.29) is 0 Å². The normalized spacial score (nSPS) is 10.8. The zero-order chi connectivity index (χ0) is 19.7. The highest BCUT2D eigenvalue weighted by molar-refractivity contribution is 7.81. The highest BCUT2D eigenvalue weighted by atomic mass is 32.1. The van der Waals surface area contributed by atoms with Crippen molar-refractivity contribution in [2.24, 2.45) is 0 Å². The summed E-state index contributed by atoms with van der Waals surface area (Å²) in [5, 5.41) is 8.15. The molecule has 0 fully saturated rings. The second-order valence-electron chi connectivity index (χ2n) is 7.08. The van der Waals surface area contributed by atoms with Crippen molar-refractivity contribution in [1.82, 2.24) is 4.98 Å². The van der Waals surface area contributed by atoms with E-state index in [0.29, 0.717) is 4.99 Å². The van der Waals surface area contributed by atoms with Gasteiger partial charge in [-0.2, -0.15) is 0 Å². The number of para-hydroxylation sites is 3. The molecule has 0 bridgehead atoms. The minimum Gasteiger partial charge on any atom is -0.353 e. The smallest absolute Gasteiger partial charge is 0.129 e. The Hall–Kier alpha value is -3.11. The van der Waals surface area contributed by atoms with E-state index in [2.05, 4.69) is 72.8 Å². The van der Waals surface area contributed by atoms with Crippen LogP contribution in [0.4, 0.5) is 17.1 Å². The summed E-state index contributed by atoms with van der Waals surface area (Å²) in [4.78, 5) is 4.21. The van der Waals surface area contributed by atoms with Crippen LogP contribution in [0.1, 0.15) is 22.4 Å². The number of thiocarbonyl (C=S) groups is 1. The lowest BCUT2D eigenvalue weighted by molar-refractivity contribution is 1.37. The van der Waals surface area contributed by atoms with E-state index in [1.165, 1.54) is 11.1 Å². The molecule has 0 aliphatic carbocycles. The van der Waals surface area contributed by atoms with Crippen molar-refractivity contribution in [3.8, 4) is 0 Å². The van der Waals surface area contributed by atoms with Crippen molar-refractivity contribution in [2.45, 2.75) is 20.8 Å². The molecule has 1 heterocycles. The quantitative estimate of drug-likeness (QED) is 0.346. The molecule has 3 aromatic carbocycles. The van der Waals surface area contributed by atoms with E-state index in [4.69, 9.17) is 12.2 Å². The van der Waals surface area contributed by atoms with Crippen LogP contribution in [0.5, 0.6) is 0 Å². The summed E-state index contributed by atoms with van der Waals surface area (Å²) in [6.45, 7) is 6.29. The van der Waals surface area contributed by atoms with Crippen LogP contribution in [0.2, 0.25) is 0 Å². The molecule has 3 N–H and O–H groups in total. The SMILES string of the molecule is Cc1ccccc1NC(=S)c1[nH]c2c(C)cccc2c1Nc1ccccc1C. The number of fused-ring (bicyclic) bond motifs is 1. The van der Waals surface area contributed by atoms with Gasteiger partial charge in [-0.1, -0.05) is 66.8 Å². The summed E-state index contributed by atoms with van der Waals surface area (Å²) in [6.07, 6.45) is 0. The second-order valence-corrected chi connectivity index (χ2v) is 7.49. The third-order valence-corrected chi connectivity index (χ3v) is 5.37. The van der Waals surface area contributed by atoms with Crippen LogP contribution in [-0.2, 0) is 0 Å². The van der Waals surface area contributed by atoms with Gasteiger partial charge in [0.15, 0.2) is 0 Å². The molecule has 0 amide bonds. The van der Waals surface area contributed by atoms with Gasteiger partial charge in [0.2, 0.25) is 0 Å². The third-order valence-electron chi connectivity index (χ3n) is 5.07. The van der Waals surface area contributed by atoms with Gasteiger partial charge in [-0.05, 0) is 49.6 Å². The number of aromatic amines is 1. The maximum Gasteiger partial charge on any atom is 0.129 e. The van der Waals surface area contributed by atoms with Crippen molar-refractivity contribution < 1.29 is 0 Å². The highest BCUT2D eigenvalue weighted by Gasteiger charge is 2.17. The summed E-state index contributed by atoms with van der Waals surface area (Å²) in [6, 6.07) is 22.8. The summed E-state index contributed by atoms with van der Waals surface area (Å²) in [5.74, 6) is 0. The van der Waals surface area contributed by atoms with Crippen molar-refractivity contribution in [3.63, 3.8) is 0 Å². The first-order chi connectivity index (χ1) is 13.5. The number of aryl methyl sites for hydroxylation is 3. The van der Waals surface area contributed by atoms with Crippen LogP contribution < -0.4 is 10.6 Å². The maximum absolute atomic E-state index is 5.80. The van der Waals surface area contributed by atoms with Gasteiger partial charge >= 0.3 is 0 Å². The van der Waals surface area contributed by atoms with Gasteiger partial charge < -0.3 is 15.6 Å². The van der Waals surface area contributed by atoms with Crippen LogP contribution >= 0.6 is 12.2 Å². The molecule has 0 atom stereocenters. The Balaban J connectivity index is 1.81. The molecule has 0 saturated heterocycles. The lowest BCUT2D eigenvalue weighted by Gasteiger charge is -2.14. The van der Waals surface area contributed by atoms with Gasteiger partial charge in [-0.15, -0.1) is 0 Å². The fourth-order valence-corrected chi connectivity index (χ4v) is 3.67. The largest absolute Gasteiger partial charge is 0.353 e. The van der Waals surface area contributed by atoms with Crippen molar-refractivity contribution >= 4 is 45.2 Å². The van der Waals surface area contributed by atoms with E-state index in [0.717, 1.165) is 39.2 Å². The zero-order valence-electron chi connectivity index (χ0n) is 16.3. The Bertz CT molecular complexity index is 1170. The van der Waals surface area contributed by atoms with Crippen LogP contribution in [0.25, 0.3) is 10.9 Å². The number of hydrogen-bond acceptors (Lipinski definition) is 2. The van der Waals surface area contributed by atoms with E-state index >= 15 is 0 Å². The minimum absolute atomic E-state index is 0.668. The first-order valence-corrected chi connectivity index (χ1v) is 9.76. The van der Waals surface area contributed by atoms with Gasteiger partial charge in [0.25, 0.3) is 0 Å². The van der Waals surface area contributed by atoms with E-state index < -0.39 is 0 Å². The molecule has 0 saturated carbocycles. The lowest BCUT2D eigenvalue weighted by Crippen LogP contribution is -2.13. The second kappa shape index (κ2) is 7.49. The minimum atomic E-state index is 0.668. The number of H-pyrrole nitrogens is 1. The van der Waals surface area contributed by atoms with Crippen molar-refractivity contribution in [1.29, 1.82) is 0 Å². The van der Waals surface area contributed by atoms with Crippen LogP contribution in [0.15, 0.2) is 66.7 Å². The van der Waals surface area contributed by atoms with E-state index in [9.17, 15) is 0 Å². The molecular formula is C24H23N3S. The van der Waals surface area contributed by atoms with Gasteiger partial charge in [-0.3, -0.25) is 0 Å². The highest BCUT2D eigenvalue weighted by Crippen LogP contribution is 2.34. The van der Waals surface area contributed by atoms with Crippen molar-refractivity contribution in [3.05, 3.63) is 89.1 Å². The molecule has 140 valence electrons. The fraction of sp³-hybridized carbons (Fsp3) is 0.125. The third kappa shape index (κ3) is 3.39. The Kier molecular flexibility index (Phi) is 4.88. The first-order valence-electron chi connectivity index (χ1n) is 9.35. The summed E-state index contributed by atoms with van der Waals surface area (Å²) >= 11 is 5.80. The van der Waals surface area contributed by atoms with Gasteiger partial charge in [0, 0.05) is 16.8 Å². The predicted octanol–water partition coefficient (Wildman–Crippen LogP) is 6.62. The summed E-state index contributed by atoms with van der Waals surface area (Å²) in [5.41, 5.74) is 8.62. The zero-order valence-corrected chi connectivity index (χ0v) is 17.1. The number of rotatable bonds is 4. The topological polar surface area (TPSA) is 39.9 Å². The molecule has 0 aliphatic heterocycles. The molecule has 4 heteroatoms. The van der Waals surface area contributed by atoms with E-state index in [1.807, 2.05) is 30.3 Å². The Morgan fingerprint density at radius 1 is 0.750 bits per heavy atom. The molecule has 3 nitrogen and oxygen atoms in total. The Morgan fingerprint density at radius 3 is 2.04 bits per heavy atom. The first kappa shape index (κ1) is 18.3. The number of hydrogen-bond donors (Lipinski definition) is 3. The molecule has 0 radical (unpaired) electrons. The van der Waals surface area contributed by atoms with Crippen LogP contribution in [-0.4, -0.2) is 9.97 Å². The average molecular weight is 386 g/mol. The Labute approximate surface area is 170 Å². The number of nitrogens with one attached hydrogen (secondary N) is 3. The number of aromatic nitrogens is 1. The van der Waals surface area contributed by atoms with Gasteiger partial charge in [0.1, 0.15) is 4.99 Å². The molecule has 0 aliphatic rings. The lowest BCUT2D eigenvalue weighted by atomic mass is 10.1. The summed E-state index contributed by atoms with van der Waals surface area (Å²) < 4.78 is 0. The van der Waals surface area contributed by atoms with Gasteiger partial charge in [0.05, 0.1) is 16.9 Å². The fourth-order valence-electron chi connectivity index (χ4n) is 3.41. The molecule has 28 heavy (non-hydrogen) atoms.